The third-order valence-corrected chi connectivity index (χ3v) is 6.53. The molecule has 1 aromatic heterocycles. The van der Waals surface area contributed by atoms with Crippen LogP contribution in [0.25, 0.3) is 11.0 Å². The summed E-state index contributed by atoms with van der Waals surface area (Å²) in [6, 6.07) is 11.8. The van der Waals surface area contributed by atoms with Gasteiger partial charge in [0.25, 0.3) is 5.91 Å². The van der Waals surface area contributed by atoms with Gasteiger partial charge in [-0.1, -0.05) is 24.6 Å². The number of aromatic nitrogens is 2. The third-order valence-electron chi connectivity index (χ3n) is 6.53. The lowest BCUT2D eigenvalue weighted by Gasteiger charge is -2.33. The molecule has 1 atom stereocenters. The van der Waals surface area contributed by atoms with Crippen molar-refractivity contribution < 1.29 is 14.3 Å². The molecule has 7 nitrogen and oxygen atoms in total. The van der Waals surface area contributed by atoms with Crippen molar-refractivity contribution in [3.05, 3.63) is 53.3 Å². The molecule has 1 aliphatic heterocycles. The number of aryl methyl sites for hydroxylation is 3. The van der Waals surface area contributed by atoms with Crippen molar-refractivity contribution in [2.75, 3.05) is 39.1 Å². The Morgan fingerprint density at radius 2 is 2.03 bits per heavy atom. The molecular weight excluding hydrogens is 428 g/mol. The molecule has 0 radical (unpaired) electrons. The molecule has 1 aliphatic rings. The minimum Gasteiger partial charge on any atom is -0.493 e. The minimum absolute atomic E-state index is 0.0212. The van der Waals surface area contributed by atoms with Crippen molar-refractivity contribution in [1.29, 1.82) is 0 Å². The van der Waals surface area contributed by atoms with Gasteiger partial charge in [-0.2, -0.15) is 0 Å². The maximum atomic E-state index is 13.8. The number of anilines is 1. The van der Waals surface area contributed by atoms with Crippen LogP contribution in [-0.2, 0) is 17.7 Å². The maximum Gasteiger partial charge on any atom is 0.256 e. The predicted molar refractivity (Wildman–Crippen MR) is 135 cm³/mol. The molecule has 1 fully saturated rings. The number of likely N-dealkylation sites (tertiary alicyclic amines) is 1. The van der Waals surface area contributed by atoms with Crippen LogP contribution in [0.3, 0.4) is 0 Å². The largest absolute Gasteiger partial charge is 0.493 e. The summed E-state index contributed by atoms with van der Waals surface area (Å²) >= 11 is 0. The smallest absolute Gasteiger partial charge is 0.256 e. The molecule has 0 spiro atoms. The monoisotopic (exact) mass is 464 g/mol. The van der Waals surface area contributed by atoms with E-state index in [1.807, 2.05) is 29.2 Å². The van der Waals surface area contributed by atoms with Gasteiger partial charge in [0.2, 0.25) is 0 Å². The predicted octanol–water partition coefficient (Wildman–Crippen LogP) is 4.46. The van der Waals surface area contributed by atoms with Gasteiger partial charge >= 0.3 is 0 Å². The van der Waals surface area contributed by atoms with E-state index in [1.165, 1.54) is 5.56 Å². The molecule has 1 saturated heterocycles. The highest BCUT2D eigenvalue weighted by Crippen LogP contribution is 2.28. The Balaban J connectivity index is 1.55. The highest BCUT2D eigenvalue weighted by atomic mass is 16.5. The zero-order chi connectivity index (χ0) is 24.1. The summed E-state index contributed by atoms with van der Waals surface area (Å²) in [5.74, 6) is 2.16. The molecule has 2 aromatic carbocycles. The summed E-state index contributed by atoms with van der Waals surface area (Å²) in [6.45, 7) is 7.60. The van der Waals surface area contributed by atoms with Gasteiger partial charge in [-0.15, -0.1) is 0 Å². The third kappa shape index (κ3) is 5.36. The van der Waals surface area contributed by atoms with Gasteiger partial charge in [0.1, 0.15) is 11.6 Å². The van der Waals surface area contributed by atoms with E-state index in [1.54, 1.807) is 7.11 Å². The van der Waals surface area contributed by atoms with Crippen LogP contribution in [0.2, 0.25) is 0 Å². The van der Waals surface area contributed by atoms with E-state index in [0.717, 1.165) is 61.4 Å². The van der Waals surface area contributed by atoms with Gasteiger partial charge in [0.05, 0.1) is 23.2 Å². The van der Waals surface area contributed by atoms with Crippen molar-refractivity contribution in [3.8, 4) is 5.75 Å². The lowest BCUT2D eigenvalue weighted by molar-refractivity contribution is 0.0635. The van der Waals surface area contributed by atoms with Crippen LogP contribution >= 0.6 is 0 Å². The van der Waals surface area contributed by atoms with E-state index in [9.17, 15) is 4.79 Å². The minimum atomic E-state index is 0.0212. The molecular formula is C27H36N4O3. The Morgan fingerprint density at radius 3 is 2.76 bits per heavy atom. The summed E-state index contributed by atoms with van der Waals surface area (Å²) in [5, 5.41) is 0. The molecule has 2 N–H and O–H groups in total. The number of rotatable bonds is 9. The number of hydrogen-bond acceptors (Lipinski definition) is 5. The quantitative estimate of drug-likeness (QED) is 0.374. The Hall–Kier alpha value is -3.06. The first-order chi connectivity index (χ1) is 16.5. The number of imidazole rings is 1. The lowest BCUT2D eigenvalue weighted by atomic mass is 9.98. The fraction of sp³-hybridized carbons (Fsp3) is 0.481. The standard InChI is InChI=1S/C27H36N4O3/c1-4-25-29-24-16-21(28)15-23(26(24)31(25)13-6-14-33-3)27(32)30-12-5-7-20(17-30)18-34-22-10-8-19(2)9-11-22/h8-11,15-16,20H,4-7,12-14,17-18,28H2,1-3H3. The van der Waals surface area contributed by atoms with E-state index >= 15 is 0 Å². The number of nitrogen functional groups attached to an aromatic ring is 1. The van der Waals surface area contributed by atoms with Crippen LogP contribution in [0.15, 0.2) is 36.4 Å². The number of ether oxygens (including phenoxy) is 2. The zero-order valence-electron chi connectivity index (χ0n) is 20.5. The van der Waals surface area contributed by atoms with Gasteiger partial charge < -0.3 is 24.7 Å². The topological polar surface area (TPSA) is 82.6 Å². The molecule has 1 unspecified atom stereocenters. The molecule has 182 valence electrons. The van der Waals surface area contributed by atoms with Crippen LogP contribution in [0, 0.1) is 12.8 Å². The first-order valence-corrected chi connectivity index (χ1v) is 12.3. The number of methoxy groups -OCH3 is 1. The molecule has 0 aliphatic carbocycles. The van der Waals surface area contributed by atoms with Crippen molar-refractivity contribution >= 4 is 22.6 Å². The average Bonchev–Trinajstić information content (AvgIpc) is 3.20. The number of benzene rings is 2. The SMILES string of the molecule is CCc1nc2cc(N)cc(C(=O)N3CCCC(COc4ccc(C)cc4)C3)c2n1CCCOC. The van der Waals surface area contributed by atoms with E-state index in [4.69, 9.17) is 20.2 Å². The number of nitrogens with two attached hydrogens (primary N) is 1. The van der Waals surface area contributed by atoms with Gasteiger partial charge in [-0.05, 0) is 50.5 Å². The molecule has 7 heteroatoms. The summed E-state index contributed by atoms with van der Waals surface area (Å²) < 4.78 is 13.5. The molecule has 2 heterocycles. The summed E-state index contributed by atoms with van der Waals surface area (Å²) in [6.07, 6.45) is 3.66. The molecule has 34 heavy (non-hydrogen) atoms. The average molecular weight is 465 g/mol. The summed E-state index contributed by atoms with van der Waals surface area (Å²) in [7, 11) is 1.71. The van der Waals surface area contributed by atoms with E-state index in [-0.39, 0.29) is 5.91 Å². The Kier molecular flexibility index (Phi) is 7.73. The second kappa shape index (κ2) is 10.9. The van der Waals surface area contributed by atoms with E-state index in [2.05, 4.69) is 30.5 Å². The van der Waals surface area contributed by atoms with Crippen LogP contribution in [-0.4, -0.2) is 53.8 Å². The van der Waals surface area contributed by atoms with Crippen LogP contribution in [0.5, 0.6) is 5.75 Å². The van der Waals surface area contributed by atoms with Gasteiger partial charge in [0.15, 0.2) is 0 Å². The maximum absolute atomic E-state index is 13.8. The van der Waals surface area contributed by atoms with Crippen LogP contribution in [0.4, 0.5) is 5.69 Å². The normalized spacial score (nSPS) is 16.2. The summed E-state index contributed by atoms with van der Waals surface area (Å²) in [5.41, 5.74) is 10.3. The van der Waals surface area contributed by atoms with Crippen molar-refractivity contribution in [3.63, 3.8) is 0 Å². The van der Waals surface area contributed by atoms with Gasteiger partial charge in [0, 0.05) is 51.4 Å². The molecule has 3 aromatic rings. The second-order valence-electron chi connectivity index (χ2n) is 9.20. The Morgan fingerprint density at radius 1 is 1.24 bits per heavy atom. The van der Waals surface area contributed by atoms with E-state index < -0.39 is 0 Å². The van der Waals surface area contributed by atoms with Gasteiger partial charge in [-0.25, -0.2) is 4.98 Å². The molecule has 1 amide bonds. The fourth-order valence-electron chi connectivity index (χ4n) is 4.78. The number of nitrogens with zero attached hydrogens (tertiary/aromatic N) is 3. The van der Waals surface area contributed by atoms with Gasteiger partial charge in [-0.3, -0.25) is 4.79 Å². The molecule has 0 saturated carbocycles. The lowest BCUT2D eigenvalue weighted by Crippen LogP contribution is -2.41. The number of carbonyl (C=O) groups is 1. The first kappa shape index (κ1) is 24.1. The highest BCUT2D eigenvalue weighted by molar-refractivity contribution is 6.06. The molecule has 0 bridgehead atoms. The summed E-state index contributed by atoms with van der Waals surface area (Å²) in [4.78, 5) is 20.5. The second-order valence-corrected chi connectivity index (χ2v) is 9.20. The molecule has 4 rings (SSSR count). The first-order valence-electron chi connectivity index (χ1n) is 12.3. The zero-order valence-corrected chi connectivity index (χ0v) is 20.5. The van der Waals surface area contributed by atoms with Crippen LogP contribution < -0.4 is 10.5 Å². The highest BCUT2D eigenvalue weighted by Gasteiger charge is 2.28. The van der Waals surface area contributed by atoms with Crippen molar-refractivity contribution in [2.24, 2.45) is 5.92 Å². The van der Waals surface area contributed by atoms with Crippen LogP contribution in [0.1, 0.15) is 47.9 Å². The number of piperidine rings is 1. The number of hydrogen-bond donors (Lipinski definition) is 1. The number of fused-ring (bicyclic) bond motifs is 1. The number of carbonyl (C=O) groups excluding carboxylic acids is 1. The Labute approximate surface area is 201 Å². The fourth-order valence-corrected chi connectivity index (χ4v) is 4.78. The van der Waals surface area contributed by atoms with Crippen molar-refractivity contribution in [1.82, 2.24) is 14.5 Å². The number of amides is 1. The van der Waals surface area contributed by atoms with E-state index in [0.29, 0.717) is 36.9 Å². The Bertz CT molecular complexity index is 1120. The van der Waals surface area contributed by atoms with Crippen molar-refractivity contribution in [2.45, 2.75) is 46.1 Å².